The van der Waals surface area contributed by atoms with Crippen molar-refractivity contribution in [3.63, 3.8) is 0 Å². The number of allylic oxidation sites excluding steroid dienone is 4. The molecule has 0 aromatic heterocycles. The summed E-state index contributed by atoms with van der Waals surface area (Å²) in [5.74, 6) is -1.58. The van der Waals surface area contributed by atoms with Gasteiger partial charge < -0.3 is 24.4 Å². The third-order valence-corrected chi connectivity index (χ3v) is 9.67. The molecule has 7 heteroatoms. The Labute approximate surface area is 242 Å². The zero-order valence-corrected chi connectivity index (χ0v) is 25.7. The summed E-state index contributed by atoms with van der Waals surface area (Å²) in [5.41, 5.74) is -3.30. The minimum atomic E-state index is -1.55. The third kappa shape index (κ3) is 3.58. The van der Waals surface area contributed by atoms with Gasteiger partial charge in [0, 0.05) is 41.6 Å². The second-order valence-electron chi connectivity index (χ2n) is 13.6. The van der Waals surface area contributed by atoms with E-state index in [0.29, 0.717) is 5.56 Å². The molecule has 2 fully saturated rings. The molecule has 4 bridgehead atoms. The van der Waals surface area contributed by atoms with E-state index >= 15 is 0 Å². The maximum absolute atomic E-state index is 14.7. The molecule has 2 heterocycles. The van der Waals surface area contributed by atoms with Crippen molar-refractivity contribution in [1.29, 1.82) is 0 Å². The maximum atomic E-state index is 14.7. The second kappa shape index (κ2) is 8.92. The van der Waals surface area contributed by atoms with Crippen LogP contribution in [-0.4, -0.2) is 51.3 Å². The highest BCUT2D eigenvalue weighted by Crippen LogP contribution is 2.70. The SMILES string of the molecule is C=CC(C)(C)c1c(O)c(CC=C(C)C)c2c(c1O)C(=O)C1=C[C@]3(OC)C[C@H]4C(C)(C)O[C@@](CC=C(C)C)(C3=O)[C@@]14O2. The van der Waals surface area contributed by atoms with Crippen LogP contribution in [0.5, 0.6) is 17.2 Å². The fourth-order valence-electron chi connectivity index (χ4n) is 7.47. The number of Topliss-reactive ketones (excluding diaryl/α,β-unsaturated/α-hetero) is 2. The summed E-state index contributed by atoms with van der Waals surface area (Å²) in [6.07, 6.45) is 7.81. The third-order valence-electron chi connectivity index (χ3n) is 9.67. The van der Waals surface area contributed by atoms with Crippen LogP contribution in [0.25, 0.3) is 0 Å². The number of phenolic OH excluding ortho intramolecular Hbond substituents is 2. The topological polar surface area (TPSA) is 102 Å². The van der Waals surface area contributed by atoms with Crippen molar-refractivity contribution in [1.82, 2.24) is 0 Å². The van der Waals surface area contributed by atoms with Crippen molar-refractivity contribution >= 4 is 11.6 Å². The number of ether oxygens (including phenoxy) is 3. The summed E-state index contributed by atoms with van der Waals surface area (Å²) in [7, 11) is 1.48. The Kier molecular flexibility index (Phi) is 6.38. The van der Waals surface area contributed by atoms with Crippen LogP contribution >= 0.6 is 0 Å². The molecular weight excluding hydrogens is 520 g/mol. The fraction of sp³-hybridized carbons (Fsp3) is 0.529. The quantitative estimate of drug-likeness (QED) is 0.381. The molecule has 2 aliphatic heterocycles. The van der Waals surface area contributed by atoms with Crippen LogP contribution in [0.1, 0.15) is 89.7 Å². The van der Waals surface area contributed by atoms with Gasteiger partial charge in [-0.2, -0.15) is 0 Å². The number of benzene rings is 1. The summed E-state index contributed by atoms with van der Waals surface area (Å²) in [5, 5.41) is 23.4. The monoisotopic (exact) mass is 562 g/mol. The molecule has 0 radical (unpaired) electrons. The molecule has 7 nitrogen and oxygen atoms in total. The van der Waals surface area contributed by atoms with Crippen LogP contribution in [0, 0.1) is 5.92 Å². The molecular formula is C34H42O7. The number of aromatic hydroxyl groups is 2. The zero-order chi connectivity index (χ0) is 30.5. The van der Waals surface area contributed by atoms with Gasteiger partial charge in [0.25, 0.3) is 0 Å². The van der Waals surface area contributed by atoms with E-state index in [2.05, 4.69) is 6.58 Å². The Bertz CT molecular complexity index is 1480. The number of phenols is 2. The molecule has 0 unspecified atom stereocenters. The van der Waals surface area contributed by atoms with Crippen molar-refractivity contribution < 1.29 is 34.0 Å². The van der Waals surface area contributed by atoms with Gasteiger partial charge in [-0.05, 0) is 60.5 Å². The molecule has 1 aromatic rings. The lowest BCUT2D eigenvalue weighted by Crippen LogP contribution is -2.77. The number of carbonyl (C=O) groups is 2. The second-order valence-corrected chi connectivity index (χ2v) is 13.6. The van der Waals surface area contributed by atoms with Crippen LogP contribution in [-0.2, 0) is 26.1 Å². The molecule has 1 aromatic carbocycles. The molecule has 1 saturated carbocycles. The van der Waals surface area contributed by atoms with Gasteiger partial charge in [0.15, 0.2) is 17.0 Å². The van der Waals surface area contributed by atoms with Crippen molar-refractivity contribution in [3.8, 4) is 17.2 Å². The fourth-order valence-corrected chi connectivity index (χ4v) is 7.47. The molecule has 220 valence electrons. The number of ketones is 2. The van der Waals surface area contributed by atoms with E-state index in [1.165, 1.54) is 7.11 Å². The highest BCUT2D eigenvalue weighted by Gasteiger charge is 2.84. The molecule has 3 aliphatic carbocycles. The summed E-state index contributed by atoms with van der Waals surface area (Å²) < 4.78 is 19.7. The van der Waals surface area contributed by atoms with Crippen LogP contribution in [0.3, 0.4) is 0 Å². The lowest BCUT2D eigenvalue weighted by molar-refractivity contribution is -0.189. The largest absolute Gasteiger partial charge is 0.507 e. The van der Waals surface area contributed by atoms with E-state index in [-0.39, 0.29) is 59.0 Å². The van der Waals surface area contributed by atoms with Crippen molar-refractivity contribution in [2.45, 2.75) is 102 Å². The van der Waals surface area contributed by atoms with Crippen LogP contribution in [0.2, 0.25) is 0 Å². The van der Waals surface area contributed by atoms with E-state index in [1.54, 1.807) is 12.2 Å². The van der Waals surface area contributed by atoms with Gasteiger partial charge in [0.05, 0.1) is 5.60 Å². The highest BCUT2D eigenvalue weighted by molar-refractivity contribution is 6.19. The van der Waals surface area contributed by atoms with Gasteiger partial charge in [-0.3, -0.25) is 9.59 Å². The Balaban J connectivity index is 1.92. The minimum absolute atomic E-state index is 0.0254. The van der Waals surface area contributed by atoms with Gasteiger partial charge >= 0.3 is 0 Å². The molecule has 4 atom stereocenters. The summed E-state index contributed by atoms with van der Waals surface area (Å²) in [6.45, 7) is 19.1. The Morgan fingerprint density at radius 3 is 2.32 bits per heavy atom. The van der Waals surface area contributed by atoms with E-state index in [9.17, 15) is 19.8 Å². The first-order chi connectivity index (χ1) is 19.0. The lowest BCUT2D eigenvalue weighted by atomic mass is 9.49. The predicted octanol–water partition coefficient (Wildman–Crippen LogP) is 6.20. The van der Waals surface area contributed by atoms with Crippen LogP contribution in [0.4, 0.5) is 0 Å². The first-order valence-electron chi connectivity index (χ1n) is 14.2. The molecule has 41 heavy (non-hydrogen) atoms. The maximum Gasteiger partial charge on any atom is 0.205 e. The molecule has 1 saturated heterocycles. The number of rotatable bonds is 7. The van der Waals surface area contributed by atoms with Crippen molar-refractivity contribution in [2.75, 3.05) is 7.11 Å². The molecule has 2 N–H and O–H groups in total. The number of hydrogen-bond acceptors (Lipinski definition) is 7. The zero-order valence-electron chi connectivity index (χ0n) is 25.7. The number of carbonyl (C=O) groups excluding carboxylic acids is 2. The Hall–Kier alpha value is -3.16. The average Bonchev–Trinajstić information content (AvgIpc) is 3.04. The number of hydrogen-bond donors (Lipinski definition) is 2. The summed E-state index contributed by atoms with van der Waals surface area (Å²) in [4.78, 5) is 29.2. The van der Waals surface area contributed by atoms with E-state index < -0.39 is 39.5 Å². The lowest BCUT2D eigenvalue weighted by Gasteiger charge is -2.59. The predicted molar refractivity (Wildman–Crippen MR) is 157 cm³/mol. The Morgan fingerprint density at radius 1 is 1.12 bits per heavy atom. The van der Waals surface area contributed by atoms with Gasteiger partial charge in [0.1, 0.15) is 28.4 Å². The first-order valence-corrected chi connectivity index (χ1v) is 14.2. The standard InChI is InChI=1S/C34H42O7/c1-11-30(6,7)24-25(35)20(13-12-18(2)3)28-23(27(24)37)26(36)21-16-32(39-10)17-22-31(8,9)41-33(29(32)38,15-14-19(4)5)34(21,22)40-28/h11-12,14,16,22,35,37H,1,13,15,17H2,2-10H3/t22-,32-,33-,34+/m0/s1. The molecule has 6 rings (SSSR count). The minimum Gasteiger partial charge on any atom is -0.507 e. The van der Waals surface area contributed by atoms with E-state index in [1.807, 2.05) is 67.5 Å². The van der Waals surface area contributed by atoms with Gasteiger partial charge in [-0.25, -0.2) is 0 Å². The van der Waals surface area contributed by atoms with Gasteiger partial charge in [0.2, 0.25) is 5.78 Å². The highest BCUT2D eigenvalue weighted by atomic mass is 16.6. The van der Waals surface area contributed by atoms with E-state index in [4.69, 9.17) is 14.2 Å². The normalized spacial score (nSPS) is 30.7. The van der Waals surface area contributed by atoms with Gasteiger partial charge in [-0.15, -0.1) is 6.58 Å². The average molecular weight is 563 g/mol. The van der Waals surface area contributed by atoms with E-state index in [0.717, 1.165) is 11.1 Å². The number of fused-ring (bicyclic) bond motifs is 1. The first kappa shape index (κ1) is 29.3. The molecule has 1 spiro atoms. The number of methoxy groups -OCH3 is 1. The molecule has 5 aliphatic rings. The summed E-state index contributed by atoms with van der Waals surface area (Å²) >= 11 is 0. The Morgan fingerprint density at radius 2 is 1.76 bits per heavy atom. The van der Waals surface area contributed by atoms with Crippen LogP contribution in [0.15, 0.2) is 47.6 Å². The smallest absolute Gasteiger partial charge is 0.205 e. The summed E-state index contributed by atoms with van der Waals surface area (Å²) in [6, 6.07) is 0. The molecule has 0 amide bonds. The van der Waals surface area contributed by atoms with Crippen LogP contribution < -0.4 is 4.74 Å². The van der Waals surface area contributed by atoms with Crippen molar-refractivity contribution in [2.24, 2.45) is 5.92 Å². The van der Waals surface area contributed by atoms with Crippen molar-refractivity contribution in [3.05, 3.63) is 64.3 Å². The van der Waals surface area contributed by atoms with Gasteiger partial charge in [-0.1, -0.05) is 43.2 Å².